The van der Waals surface area contributed by atoms with Crippen LogP contribution in [-0.4, -0.2) is 50.9 Å². The molecule has 0 bridgehead atoms. The molecule has 0 aromatic heterocycles. The molecule has 0 fully saturated rings. The molecule has 0 radical (unpaired) electrons. The topological polar surface area (TPSA) is 96.0 Å². The number of carbonyl (C=O) groups is 2. The molecule has 0 heterocycles. The Morgan fingerprint density at radius 3 is 2.16 bits per heavy atom. The Morgan fingerprint density at radius 2 is 1.51 bits per heavy atom. The van der Waals surface area contributed by atoms with Crippen LogP contribution in [0.15, 0.2) is 108 Å². The highest BCUT2D eigenvalue weighted by molar-refractivity contribution is 7.92. The summed E-state index contributed by atoms with van der Waals surface area (Å²) in [6.07, 6.45) is 0.166. The molecule has 4 rings (SSSR count). The van der Waals surface area contributed by atoms with Crippen LogP contribution < -0.4 is 14.4 Å². The van der Waals surface area contributed by atoms with E-state index in [0.717, 1.165) is 9.87 Å². The number of para-hydroxylation sites is 2. The maximum Gasteiger partial charge on any atom is 0.264 e. The lowest BCUT2D eigenvalue weighted by atomic mass is 10.0. The summed E-state index contributed by atoms with van der Waals surface area (Å²) in [6.45, 7) is 3.39. The van der Waals surface area contributed by atoms with Gasteiger partial charge in [-0.25, -0.2) is 12.8 Å². The lowest BCUT2D eigenvalue weighted by Gasteiger charge is -2.34. The van der Waals surface area contributed by atoms with Crippen LogP contribution >= 0.6 is 11.6 Å². The van der Waals surface area contributed by atoms with E-state index in [9.17, 15) is 22.4 Å². The molecule has 1 N–H and O–H groups in total. The van der Waals surface area contributed by atoms with Crippen molar-refractivity contribution < 1.29 is 27.1 Å². The van der Waals surface area contributed by atoms with Gasteiger partial charge in [0.2, 0.25) is 11.8 Å². The van der Waals surface area contributed by atoms with E-state index in [-0.39, 0.29) is 35.9 Å². The fourth-order valence-corrected chi connectivity index (χ4v) is 6.37. The highest BCUT2D eigenvalue weighted by atomic mass is 35.5. The quantitative estimate of drug-likeness (QED) is 0.185. The van der Waals surface area contributed by atoms with E-state index in [2.05, 4.69) is 5.32 Å². The SMILES string of the molecule is CCNC(=O)C(Cc1ccccc1)N(Cc1ccc(F)cc1)C(=O)CN(c1ccccc1OCC)S(=O)(=O)c1ccc(Cl)cc1. The van der Waals surface area contributed by atoms with Crippen molar-refractivity contribution in [2.75, 3.05) is 24.0 Å². The summed E-state index contributed by atoms with van der Waals surface area (Å²) < 4.78 is 48.9. The molecule has 4 aromatic carbocycles. The second kappa shape index (κ2) is 15.5. The molecule has 0 saturated heterocycles. The average molecular weight is 652 g/mol. The molecular weight excluding hydrogens is 617 g/mol. The van der Waals surface area contributed by atoms with Gasteiger partial charge in [-0.2, -0.15) is 0 Å². The van der Waals surface area contributed by atoms with Crippen LogP contribution in [0.25, 0.3) is 0 Å². The summed E-state index contributed by atoms with van der Waals surface area (Å²) in [4.78, 5) is 29.3. The molecule has 1 unspecified atom stereocenters. The molecule has 0 saturated carbocycles. The number of sulfonamides is 1. The number of anilines is 1. The smallest absolute Gasteiger partial charge is 0.264 e. The third kappa shape index (κ3) is 8.61. The van der Waals surface area contributed by atoms with Gasteiger partial charge in [-0.15, -0.1) is 0 Å². The van der Waals surface area contributed by atoms with Gasteiger partial charge in [0.1, 0.15) is 24.2 Å². The van der Waals surface area contributed by atoms with Crippen LogP contribution in [0.1, 0.15) is 25.0 Å². The number of halogens is 2. The number of amides is 2. The monoisotopic (exact) mass is 651 g/mol. The number of nitrogens with one attached hydrogen (secondary N) is 1. The molecule has 236 valence electrons. The third-order valence-electron chi connectivity index (χ3n) is 7.00. The van der Waals surface area contributed by atoms with Gasteiger partial charge in [-0.1, -0.05) is 66.2 Å². The molecule has 1 atom stereocenters. The molecule has 4 aromatic rings. The molecule has 45 heavy (non-hydrogen) atoms. The van der Waals surface area contributed by atoms with Gasteiger partial charge in [-0.05, 0) is 73.5 Å². The summed E-state index contributed by atoms with van der Waals surface area (Å²) in [5, 5.41) is 3.16. The number of hydrogen-bond acceptors (Lipinski definition) is 5. The number of nitrogens with zero attached hydrogens (tertiary/aromatic N) is 2. The summed E-state index contributed by atoms with van der Waals surface area (Å²) in [6, 6.07) is 26.0. The molecule has 0 aliphatic rings. The van der Waals surface area contributed by atoms with Gasteiger partial charge >= 0.3 is 0 Å². The fraction of sp³-hybridized carbons (Fsp3) is 0.235. The van der Waals surface area contributed by atoms with Crippen molar-refractivity contribution in [2.24, 2.45) is 0 Å². The van der Waals surface area contributed by atoms with Crippen molar-refractivity contribution in [1.29, 1.82) is 0 Å². The fourth-order valence-electron chi connectivity index (χ4n) is 4.82. The molecule has 0 aliphatic heterocycles. The van der Waals surface area contributed by atoms with E-state index in [4.69, 9.17) is 16.3 Å². The first-order valence-electron chi connectivity index (χ1n) is 14.5. The van der Waals surface area contributed by atoms with Crippen LogP contribution in [0.2, 0.25) is 5.02 Å². The van der Waals surface area contributed by atoms with Crippen molar-refractivity contribution in [2.45, 2.75) is 37.8 Å². The van der Waals surface area contributed by atoms with Gasteiger partial charge in [0.15, 0.2) is 0 Å². The minimum Gasteiger partial charge on any atom is -0.492 e. The van der Waals surface area contributed by atoms with Crippen LogP contribution in [0.3, 0.4) is 0 Å². The standard InChI is InChI=1S/C34H35ClFN3O5S/c1-3-37-34(41)31(22-25-10-6-5-7-11-25)38(23-26-14-18-28(36)19-15-26)33(40)24-39(30-12-8-9-13-32(30)44-4-2)45(42,43)29-20-16-27(35)17-21-29/h5-21,31H,3-4,22-24H2,1-2H3,(H,37,41). The second-order valence-electron chi connectivity index (χ2n) is 10.1. The van der Waals surface area contributed by atoms with Gasteiger partial charge < -0.3 is 15.0 Å². The number of hydrogen-bond donors (Lipinski definition) is 1. The first-order valence-corrected chi connectivity index (χ1v) is 16.3. The minimum atomic E-state index is -4.34. The summed E-state index contributed by atoms with van der Waals surface area (Å²) in [5.41, 5.74) is 1.52. The lowest BCUT2D eigenvalue weighted by molar-refractivity contribution is -0.140. The molecule has 8 nitrogen and oxygen atoms in total. The maximum atomic E-state index is 14.4. The Morgan fingerprint density at radius 1 is 0.867 bits per heavy atom. The predicted molar refractivity (Wildman–Crippen MR) is 173 cm³/mol. The zero-order chi connectivity index (χ0) is 32.4. The largest absolute Gasteiger partial charge is 0.492 e. The van der Waals surface area contributed by atoms with Crippen molar-refractivity contribution in [1.82, 2.24) is 10.2 Å². The van der Waals surface area contributed by atoms with Crippen LogP contribution in [0, 0.1) is 5.82 Å². The summed E-state index contributed by atoms with van der Waals surface area (Å²) in [7, 11) is -4.34. The minimum absolute atomic E-state index is 0.0737. The van der Waals surface area contributed by atoms with Crippen LogP contribution in [-0.2, 0) is 32.6 Å². The Bertz CT molecular complexity index is 1690. The zero-order valence-corrected chi connectivity index (χ0v) is 26.6. The molecule has 2 amide bonds. The first-order chi connectivity index (χ1) is 21.6. The Labute approximate surface area is 268 Å². The van der Waals surface area contributed by atoms with Crippen LogP contribution in [0.4, 0.5) is 10.1 Å². The second-order valence-corrected chi connectivity index (χ2v) is 12.4. The number of ether oxygens (including phenoxy) is 1. The first kappa shape index (κ1) is 33.5. The average Bonchev–Trinajstić information content (AvgIpc) is 3.03. The van der Waals surface area contributed by atoms with E-state index in [1.807, 2.05) is 30.3 Å². The van der Waals surface area contributed by atoms with Crippen LogP contribution in [0.5, 0.6) is 5.75 Å². The normalized spacial score (nSPS) is 11.8. The number of likely N-dealkylation sites (N-methyl/N-ethyl adjacent to an activating group) is 1. The number of carbonyl (C=O) groups excluding carboxylic acids is 2. The number of rotatable bonds is 14. The van der Waals surface area contributed by atoms with Crippen molar-refractivity contribution in [3.63, 3.8) is 0 Å². The van der Waals surface area contributed by atoms with Gasteiger partial charge in [0.25, 0.3) is 10.0 Å². The Balaban J connectivity index is 1.82. The van der Waals surface area contributed by atoms with Gasteiger partial charge in [0.05, 0.1) is 17.2 Å². The molecule has 0 aliphatic carbocycles. The highest BCUT2D eigenvalue weighted by Crippen LogP contribution is 2.33. The third-order valence-corrected chi connectivity index (χ3v) is 9.03. The van der Waals surface area contributed by atoms with E-state index < -0.39 is 40.2 Å². The van der Waals surface area contributed by atoms with Crippen molar-refractivity contribution in [3.05, 3.63) is 125 Å². The highest BCUT2D eigenvalue weighted by Gasteiger charge is 2.35. The van der Waals surface area contributed by atoms with Gasteiger partial charge in [-0.3, -0.25) is 13.9 Å². The maximum absolute atomic E-state index is 14.4. The van der Waals surface area contributed by atoms with Crippen molar-refractivity contribution >= 4 is 39.1 Å². The van der Waals surface area contributed by atoms with E-state index in [1.165, 1.54) is 53.4 Å². The van der Waals surface area contributed by atoms with E-state index in [1.54, 1.807) is 38.1 Å². The molecule has 11 heteroatoms. The summed E-state index contributed by atoms with van der Waals surface area (Å²) >= 11 is 6.04. The van der Waals surface area contributed by atoms with E-state index >= 15 is 0 Å². The number of benzene rings is 4. The Kier molecular flexibility index (Phi) is 11.6. The molecule has 0 spiro atoms. The Hall–Kier alpha value is -4.41. The van der Waals surface area contributed by atoms with Gasteiger partial charge in [0, 0.05) is 24.5 Å². The summed E-state index contributed by atoms with van der Waals surface area (Å²) in [5.74, 6) is -1.23. The lowest BCUT2D eigenvalue weighted by Crippen LogP contribution is -2.53. The van der Waals surface area contributed by atoms with Crippen molar-refractivity contribution in [3.8, 4) is 5.75 Å². The zero-order valence-electron chi connectivity index (χ0n) is 25.0. The molecular formula is C34H35ClFN3O5S. The van der Waals surface area contributed by atoms with E-state index in [0.29, 0.717) is 17.1 Å². The predicted octanol–water partition coefficient (Wildman–Crippen LogP) is 5.85.